The minimum absolute atomic E-state index is 0.309. The zero-order valence-electron chi connectivity index (χ0n) is 14.8. The van der Waals surface area contributed by atoms with Crippen LogP contribution in [0.15, 0.2) is 54.7 Å². The minimum atomic E-state index is -0.309. The molecule has 0 unspecified atom stereocenters. The molecule has 4 N–H and O–H groups in total. The van der Waals surface area contributed by atoms with Crippen molar-refractivity contribution in [1.82, 2.24) is 10.5 Å². The Balaban J connectivity index is 1.53. The van der Waals surface area contributed by atoms with Crippen LogP contribution in [0.3, 0.4) is 0 Å². The van der Waals surface area contributed by atoms with E-state index < -0.39 is 0 Å². The third-order valence-corrected chi connectivity index (χ3v) is 4.56. The summed E-state index contributed by atoms with van der Waals surface area (Å²) in [6.07, 6.45) is 6.24. The van der Waals surface area contributed by atoms with Crippen molar-refractivity contribution in [3.63, 3.8) is 0 Å². The Bertz CT molecular complexity index is 857. The van der Waals surface area contributed by atoms with Crippen LogP contribution in [0.1, 0.15) is 32.1 Å². The van der Waals surface area contributed by atoms with Crippen molar-refractivity contribution < 1.29 is 10.0 Å². The summed E-state index contributed by atoms with van der Waals surface area (Å²) in [6.45, 7) is 0.898. The second-order valence-corrected chi connectivity index (χ2v) is 6.45. The van der Waals surface area contributed by atoms with E-state index in [1.54, 1.807) is 5.48 Å². The fraction of sp³-hybridized carbons (Fsp3) is 0.286. The van der Waals surface area contributed by atoms with Gasteiger partial charge in [0.2, 0.25) is 5.91 Å². The van der Waals surface area contributed by atoms with Gasteiger partial charge in [0.15, 0.2) is 0 Å². The Hall–Kier alpha value is -2.79. The average Bonchev–Trinajstić information content (AvgIpc) is 3.15. The smallest absolute Gasteiger partial charge is 0.243 e. The molecule has 0 atom stereocenters. The van der Waals surface area contributed by atoms with Gasteiger partial charge >= 0.3 is 0 Å². The number of aromatic nitrogens is 1. The SMILES string of the molecule is O=C(CCCCCCNc1ccccc1-c1ccc2[nH]ccc2c1)NO. The molecule has 1 aromatic heterocycles. The van der Waals surface area contributed by atoms with Gasteiger partial charge in [-0.25, -0.2) is 5.48 Å². The normalized spacial score (nSPS) is 10.8. The van der Waals surface area contributed by atoms with E-state index in [-0.39, 0.29) is 5.91 Å². The molecule has 1 amide bonds. The maximum atomic E-state index is 10.9. The number of para-hydroxylation sites is 1. The van der Waals surface area contributed by atoms with Gasteiger partial charge in [-0.05, 0) is 48.1 Å². The van der Waals surface area contributed by atoms with Crippen LogP contribution in [0.4, 0.5) is 5.69 Å². The number of hydrogen-bond donors (Lipinski definition) is 4. The number of amides is 1. The van der Waals surface area contributed by atoms with Gasteiger partial charge in [-0.15, -0.1) is 0 Å². The first-order valence-electron chi connectivity index (χ1n) is 9.11. The number of hydroxylamine groups is 1. The molecule has 5 nitrogen and oxygen atoms in total. The van der Waals surface area contributed by atoms with E-state index >= 15 is 0 Å². The summed E-state index contributed by atoms with van der Waals surface area (Å²) in [4.78, 5) is 14.2. The first-order chi connectivity index (χ1) is 12.8. The summed E-state index contributed by atoms with van der Waals surface area (Å²) < 4.78 is 0. The number of aromatic amines is 1. The number of rotatable bonds is 9. The first-order valence-corrected chi connectivity index (χ1v) is 9.11. The van der Waals surface area contributed by atoms with Crippen LogP contribution in [0.5, 0.6) is 0 Å². The lowest BCUT2D eigenvalue weighted by Crippen LogP contribution is -2.17. The molecule has 0 radical (unpaired) electrons. The summed E-state index contributed by atoms with van der Waals surface area (Å²) in [7, 11) is 0. The van der Waals surface area contributed by atoms with Gasteiger partial charge in [0.1, 0.15) is 0 Å². The van der Waals surface area contributed by atoms with Crippen LogP contribution < -0.4 is 10.8 Å². The van der Waals surface area contributed by atoms with Gasteiger partial charge in [-0.3, -0.25) is 10.0 Å². The monoisotopic (exact) mass is 351 g/mol. The minimum Gasteiger partial charge on any atom is -0.385 e. The van der Waals surface area contributed by atoms with E-state index in [2.05, 4.69) is 52.8 Å². The molecule has 0 saturated heterocycles. The molecule has 0 bridgehead atoms. The van der Waals surface area contributed by atoms with Crippen molar-refractivity contribution in [1.29, 1.82) is 0 Å². The molecule has 136 valence electrons. The number of carbonyl (C=O) groups excluding carboxylic acids is 1. The van der Waals surface area contributed by atoms with Crippen LogP contribution in [0.2, 0.25) is 0 Å². The molecule has 3 aromatic rings. The Morgan fingerprint density at radius 3 is 2.73 bits per heavy atom. The zero-order chi connectivity index (χ0) is 18.2. The second kappa shape index (κ2) is 9.06. The summed E-state index contributed by atoms with van der Waals surface area (Å²) in [5.74, 6) is -0.309. The maximum absolute atomic E-state index is 10.9. The predicted octanol–water partition coefficient (Wildman–Crippen LogP) is 4.70. The number of fused-ring (bicyclic) bond motifs is 1. The van der Waals surface area contributed by atoms with Crippen molar-refractivity contribution in [2.45, 2.75) is 32.1 Å². The predicted molar refractivity (Wildman–Crippen MR) is 105 cm³/mol. The van der Waals surface area contributed by atoms with Gasteiger partial charge in [0, 0.05) is 35.9 Å². The highest BCUT2D eigenvalue weighted by Gasteiger charge is 2.06. The molecule has 0 fully saturated rings. The average molecular weight is 351 g/mol. The van der Waals surface area contributed by atoms with Crippen molar-refractivity contribution >= 4 is 22.5 Å². The highest BCUT2D eigenvalue weighted by atomic mass is 16.5. The van der Waals surface area contributed by atoms with Crippen molar-refractivity contribution in [3.05, 3.63) is 54.7 Å². The van der Waals surface area contributed by atoms with E-state index in [1.165, 1.54) is 16.5 Å². The van der Waals surface area contributed by atoms with Crippen LogP contribution in [0, 0.1) is 0 Å². The highest BCUT2D eigenvalue weighted by molar-refractivity contribution is 5.88. The Morgan fingerprint density at radius 2 is 1.85 bits per heavy atom. The molecular formula is C21H25N3O2. The van der Waals surface area contributed by atoms with Crippen molar-refractivity contribution in [3.8, 4) is 11.1 Å². The largest absolute Gasteiger partial charge is 0.385 e. The lowest BCUT2D eigenvalue weighted by atomic mass is 10.0. The van der Waals surface area contributed by atoms with E-state index in [4.69, 9.17) is 5.21 Å². The molecular weight excluding hydrogens is 326 g/mol. The molecule has 0 saturated carbocycles. The highest BCUT2D eigenvalue weighted by Crippen LogP contribution is 2.30. The standard InChI is InChI=1S/C21H25N3O2/c25-21(24-26)9-3-1-2-6-13-22-20-8-5-4-7-18(20)16-10-11-19-17(15-16)12-14-23-19/h4-5,7-8,10-12,14-15,22-23,26H,1-3,6,9,13H2,(H,24,25). The number of benzene rings is 2. The molecule has 26 heavy (non-hydrogen) atoms. The number of hydrogen-bond acceptors (Lipinski definition) is 3. The summed E-state index contributed by atoms with van der Waals surface area (Å²) in [6, 6.07) is 16.9. The van der Waals surface area contributed by atoms with E-state index in [0.717, 1.165) is 43.4 Å². The van der Waals surface area contributed by atoms with Gasteiger partial charge in [-0.2, -0.15) is 0 Å². The van der Waals surface area contributed by atoms with Crippen LogP contribution in [-0.2, 0) is 4.79 Å². The molecule has 1 heterocycles. The summed E-state index contributed by atoms with van der Waals surface area (Å²) in [5.41, 5.74) is 6.36. The van der Waals surface area contributed by atoms with Crippen LogP contribution >= 0.6 is 0 Å². The summed E-state index contributed by atoms with van der Waals surface area (Å²) in [5, 5.41) is 13.2. The zero-order valence-corrected chi connectivity index (χ0v) is 14.8. The quantitative estimate of drug-likeness (QED) is 0.256. The van der Waals surface area contributed by atoms with Crippen molar-refractivity contribution in [2.24, 2.45) is 0 Å². The Morgan fingerprint density at radius 1 is 1.00 bits per heavy atom. The number of carbonyl (C=O) groups is 1. The van der Waals surface area contributed by atoms with Crippen LogP contribution in [0.25, 0.3) is 22.0 Å². The molecule has 0 aliphatic rings. The van der Waals surface area contributed by atoms with Crippen LogP contribution in [-0.4, -0.2) is 22.6 Å². The molecule has 0 aliphatic carbocycles. The number of nitrogens with one attached hydrogen (secondary N) is 3. The van der Waals surface area contributed by atoms with Gasteiger partial charge in [-0.1, -0.05) is 37.1 Å². The number of anilines is 1. The fourth-order valence-corrected chi connectivity index (χ4v) is 3.15. The maximum Gasteiger partial charge on any atom is 0.243 e. The topological polar surface area (TPSA) is 77.2 Å². The lowest BCUT2D eigenvalue weighted by molar-refractivity contribution is -0.129. The number of unbranched alkanes of at least 4 members (excludes halogenated alkanes) is 3. The third kappa shape index (κ3) is 4.64. The molecule has 2 aromatic carbocycles. The Kier molecular flexibility index (Phi) is 6.28. The Labute approximate surface area is 153 Å². The third-order valence-electron chi connectivity index (χ3n) is 4.56. The van der Waals surface area contributed by atoms with E-state index in [9.17, 15) is 4.79 Å². The van der Waals surface area contributed by atoms with Gasteiger partial charge in [0.05, 0.1) is 0 Å². The van der Waals surface area contributed by atoms with E-state index in [1.807, 2.05) is 12.3 Å². The van der Waals surface area contributed by atoms with Gasteiger partial charge < -0.3 is 10.3 Å². The fourth-order valence-electron chi connectivity index (χ4n) is 3.15. The second-order valence-electron chi connectivity index (χ2n) is 6.45. The summed E-state index contributed by atoms with van der Waals surface area (Å²) >= 11 is 0. The van der Waals surface area contributed by atoms with E-state index in [0.29, 0.717) is 6.42 Å². The molecule has 3 rings (SSSR count). The van der Waals surface area contributed by atoms with Gasteiger partial charge in [0.25, 0.3) is 0 Å². The molecule has 0 spiro atoms. The first kappa shape index (κ1) is 18.0. The van der Waals surface area contributed by atoms with Crippen molar-refractivity contribution in [2.75, 3.05) is 11.9 Å². The molecule has 0 aliphatic heterocycles. The molecule has 5 heteroatoms. The lowest BCUT2D eigenvalue weighted by Gasteiger charge is -2.12. The number of H-pyrrole nitrogens is 1.